The Morgan fingerprint density at radius 3 is 2.16 bits per heavy atom. The minimum Gasteiger partial charge on any atom is -0.491 e. The average Bonchev–Trinajstić information content (AvgIpc) is 2.84. The molecule has 38 heavy (non-hydrogen) atoms. The average molecular weight is 553 g/mol. The number of likely N-dealkylation sites (tertiary alicyclic amines) is 1. The number of carbonyl (C=O) groups is 2. The number of nitrogens with zero attached hydrogens (tertiary/aromatic N) is 2. The zero-order chi connectivity index (χ0) is 28.6. The molecule has 0 aliphatic carbocycles. The smallest absolute Gasteiger partial charge is 0.490 e. The highest BCUT2D eigenvalue weighted by atomic mass is 19.4. The maximum absolute atomic E-state index is 14.4. The van der Waals surface area contributed by atoms with Gasteiger partial charge in [0, 0.05) is 29.8 Å². The van der Waals surface area contributed by atoms with Gasteiger partial charge in [-0.2, -0.15) is 13.2 Å². The van der Waals surface area contributed by atoms with Crippen molar-refractivity contribution in [2.75, 3.05) is 27.2 Å². The molecule has 1 fully saturated rings. The summed E-state index contributed by atoms with van der Waals surface area (Å²) in [5.74, 6) is -6.44. The summed E-state index contributed by atoms with van der Waals surface area (Å²) in [4.78, 5) is 25.5. The van der Waals surface area contributed by atoms with Gasteiger partial charge < -0.3 is 25.0 Å². The molecule has 0 spiro atoms. The van der Waals surface area contributed by atoms with Crippen molar-refractivity contribution in [1.82, 2.24) is 15.1 Å². The van der Waals surface area contributed by atoms with Crippen molar-refractivity contribution in [3.8, 4) is 5.75 Å². The Morgan fingerprint density at radius 1 is 1.05 bits per heavy atom. The molecule has 0 bridgehead atoms. The monoisotopic (exact) mass is 553 g/mol. The van der Waals surface area contributed by atoms with Gasteiger partial charge in [-0.15, -0.1) is 0 Å². The van der Waals surface area contributed by atoms with E-state index in [1.807, 2.05) is 7.05 Å². The first kappa shape index (κ1) is 30.7. The summed E-state index contributed by atoms with van der Waals surface area (Å²) >= 11 is 0. The van der Waals surface area contributed by atoms with Gasteiger partial charge in [0.15, 0.2) is 17.4 Å². The van der Waals surface area contributed by atoms with Crippen LogP contribution in [0.4, 0.5) is 35.5 Å². The summed E-state index contributed by atoms with van der Waals surface area (Å²) in [6.45, 7) is 1.28. The first-order valence-electron chi connectivity index (χ1n) is 11.2. The van der Waals surface area contributed by atoms with E-state index in [9.17, 15) is 35.5 Å². The van der Waals surface area contributed by atoms with Crippen LogP contribution in [0.3, 0.4) is 0 Å². The van der Waals surface area contributed by atoms with Crippen molar-refractivity contribution in [2.24, 2.45) is 0 Å². The lowest BCUT2D eigenvalue weighted by Crippen LogP contribution is -2.49. The number of carboxylic acids is 1. The number of alkyl halides is 3. The van der Waals surface area contributed by atoms with Crippen molar-refractivity contribution in [2.45, 2.75) is 38.1 Å². The fourth-order valence-electron chi connectivity index (χ4n) is 3.68. The molecule has 2 aromatic carbocycles. The summed E-state index contributed by atoms with van der Waals surface area (Å²) in [6, 6.07) is 4.85. The standard InChI is InChI=1S/C22H25F4N3O2.C2HF3O2/c1-28-9-7-17(8-10-28)29(13-15-3-5-16(23)11-19(15)25)22(30)27-12-14-4-6-18(24)21(31-2)20(14)26;3-2(4,5)1(6)7/h3-6,11,17H,7-10,12-13H2,1-2H3,(H,27,30);(H,6,7). The van der Waals surface area contributed by atoms with Crippen molar-refractivity contribution >= 4 is 12.0 Å². The Hall–Kier alpha value is -3.55. The second kappa shape index (κ2) is 13.3. The Bertz CT molecular complexity index is 1120. The first-order chi connectivity index (χ1) is 17.7. The van der Waals surface area contributed by atoms with Crippen LogP contribution in [-0.2, 0) is 17.9 Å². The normalized spacial score (nSPS) is 14.3. The molecule has 210 valence electrons. The Balaban J connectivity index is 0.000000638. The number of ether oxygens (including phenoxy) is 1. The van der Waals surface area contributed by atoms with Gasteiger partial charge in [-0.3, -0.25) is 0 Å². The second-order valence-corrected chi connectivity index (χ2v) is 8.41. The van der Waals surface area contributed by atoms with E-state index in [2.05, 4.69) is 10.2 Å². The van der Waals surface area contributed by atoms with E-state index in [1.165, 1.54) is 17.0 Å². The number of halogens is 7. The predicted molar refractivity (Wildman–Crippen MR) is 121 cm³/mol. The molecule has 1 aliphatic rings. The quantitative estimate of drug-likeness (QED) is 0.508. The lowest BCUT2D eigenvalue weighted by atomic mass is 10.0. The third-order valence-corrected chi connectivity index (χ3v) is 5.75. The minimum atomic E-state index is -5.08. The maximum Gasteiger partial charge on any atom is 0.490 e. The van der Waals surface area contributed by atoms with Crippen molar-refractivity contribution < 1.29 is 50.2 Å². The van der Waals surface area contributed by atoms with Crippen LogP contribution in [-0.4, -0.2) is 66.4 Å². The number of nitrogens with one attached hydrogen (secondary N) is 1. The first-order valence-corrected chi connectivity index (χ1v) is 11.2. The molecule has 0 aromatic heterocycles. The number of amides is 2. The molecular formula is C24H26F7N3O4. The van der Waals surface area contributed by atoms with Crippen molar-refractivity contribution in [3.05, 3.63) is 64.7 Å². The largest absolute Gasteiger partial charge is 0.491 e. The SMILES string of the molecule is COc1c(F)ccc(CNC(=O)N(Cc2ccc(F)cc2F)C2CCN(C)CC2)c1F.O=C(O)C(F)(F)F. The van der Waals surface area contributed by atoms with Crippen LogP contribution < -0.4 is 10.1 Å². The Morgan fingerprint density at radius 2 is 1.63 bits per heavy atom. The molecule has 2 amide bonds. The number of hydrogen-bond acceptors (Lipinski definition) is 4. The zero-order valence-corrected chi connectivity index (χ0v) is 20.4. The zero-order valence-electron chi connectivity index (χ0n) is 20.4. The molecular weight excluding hydrogens is 527 g/mol. The van der Waals surface area contributed by atoms with Crippen LogP contribution in [0.1, 0.15) is 24.0 Å². The summed E-state index contributed by atoms with van der Waals surface area (Å²) < 4.78 is 92.0. The third-order valence-electron chi connectivity index (χ3n) is 5.75. The van der Waals surface area contributed by atoms with E-state index in [-0.39, 0.29) is 30.3 Å². The van der Waals surface area contributed by atoms with E-state index in [0.29, 0.717) is 12.8 Å². The molecule has 14 heteroatoms. The van der Waals surface area contributed by atoms with Crippen molar-refractivity contribution in [3.63, 3.8) is 0 Å². The lowest BCUT2D eigenvalue weighted by molar-refractivity contribution is -0.192. The van der Waals surface area contributed by atoms with E-state index in [4.69, 9.17) is 14.6 Å². The van der Waals surface area contributed by atoms with Gasteiger partial charge in [0.25, 0.3) is 0 Å². The number of urea groups is 1. The Labute approximate surface area is 213 Å². The van der Waals surface area contributed by atoms with Crippen LogP contribution in [0.2, 0.25) is 0 Å². The number of rotatable bonds is 6. The number of carbonyl (C=O) groups excluding carboxylic acids is 1. The number of benzene rings is 2. The van der Waals surface area contributed by atoms with Gasteiger partial charge in [-0.1, -0.05) is 12.1 Å². The van der Waals surface area contributed by atoms with Crippen LogP contribution in [0.15, 0.2) is 30.3 Å². The van der Waals surface area contributed by atoms with Gasteiger partial charge in [-0.05, 0) is 45.1 Å². The van der Waals surface area contributed by atoms with Gasteiger partial charge in [0.2, 0.25) is 0 Å². The molecule has 7 nitrogen and oxygen atoms in total. The number of aliphatic carboxylic acids is 1. The molecule has 2 aromatic rings. The van der Waals surface area contributed by atoms with Crippen LogP contribution in [0.25, 0.3) is 0 Å². The van der Waals surface area contributed by atoms with Gasteiger partial charge in [0.05, 0.1) is 13.7 Å². The summed E-state index contributed by atoms with van der Waals surface area (Å²) in [5.41, 5.74) is 0.244. The fourth-order valence-corrected chi connectivity index (χ4v) is 3.68. The van der Waals surface area contributed by atoms with Crippen LogP contribution >= 0.6 is 0 Å². The number of methoxy groups -OCH3 is 1. The fraction of sp³-hybridized carbons (Fsp3) is 0.417. The molecule has 0 saturated carbocycles. The second-order valence-electron chi connectivity index (χ2n) is 8.41. The maximum atomic E-state index is 14.4. The van der Waals surface area contributed by atoms with E-state index in [0.717, 1.165) is 38.4 Å². The number of hydrogen-bond donors (Lipinski definition) is 2. The molecule has 2 N–H and O–H groups in total. The highest BCUT2D eigenvalue weighted by Crippen LogP contribution is 2.25. The van der Waals surface area contributed by atoms with Gasteiger partial charge >= 0.3 is 18.2 Å². The van der Waals surface area contributed by atoms with Crippen LogP contribution in [0.5, 0.6) is 5.75 Å². The van der Waals surface area contributed by atoms with Gasteiger partial charge in [-0.25, -0.2) is 27.2 Å². The lowest BCUT2D eigenvalue weighted by Gasteiger charge is -2.37. The van der Waals surface area contributed by atoms with E-state index in [1.54, 1.807) is 0 Å². The molecule has 0 radical (unpaired) electrons. The van der Waals surface area contributed by atoms with E-state index >= 15 is 0 Å². The highest BCUT2D eigenvalue weighted by Gasteiger charge is 2.38. The van der Waals surface area contributed by atoms with Crippen molar-refractivity contribution in [1.29, 1.82) is 0 Å². The topological polar surface area (TPSA) is 82.1 Å². The molecule has 0 atom stereocenters. The molecule has 3 rings (SSSR count). The molecule has 1 aliphatic heterocycles. The number of piperidine rings is 1. The molecule has 1 heterocycles. The van der Waals surface area contributed by atoms with Gasteiger partial charge in [0.1, 0.15) is 11.6 Å². The summed E-state index contributed by atoms with van der Waals surface area (Å²) in [7, 11) is 3.13. The number of carboxylic acid groups (broad SMARTS) is 1. The summed E-state index contributed by atoms with van der Waals surface area (Å²) in [6.07, 6.45) is -3.71. The molecule has 1 saturated heterocycles. The van der Waals surface area contributed by atoms with E-state index < -0.39 is 47.2 Å². The van der Waals surface area contributed by atoms with Crippen LogP contribution in [0, 0.1) is 23.3 Å². The highest BCUT2D eigenvalue weighted by molar-refractivity contribution is 5.74. The summed E-state index contributed by atoms with van der Waals surface area (Å²) in [5, 5.41) is 9.75. The third kappa shape index (κ3) is 8.50. The molecule has 0 unspecified atom stereocenters. The minimum absolute atomic E-state index is 0.0540. The predicted octanol–water partition coefficient (Wildman–Crippen LogP) is 4.69. The Kier molecular flexibility index (Phi) is 10.7.